The van der Waals surface area contributed by atoms with E-state index in [9.17, 15) is 4.79 Å². The molecule has 3 heteroatoms. The Morgan fingerprint density at radius 2 is 2.14 bits per heavy atom. The van der Waals surface area contributed by atoms with Crippen LogP contribution in [0, 0.1) is 6.92 Å². The zero-order chi connectivity index (χ0) is 10.3. The van der Waals surface area contributed by atoms with Crippen LogP contribution in [0.5, 0.6) is 0 Å². The number of thioether (sulfide) groups is 1. The van der Waals surface area contributed by atoms with Gasteiger partial charge in [0.15, 0.2) is 0 Å². The molecule has 0 saturated carbocycles. The van der Waals surface area contributed by atoms with Gasteiger partial charge < -0.3 is 4.90 Å². The normalized spacial score (nSPS) is 20.9. The van der Waals surface area contributed by atoms with Crippen molar-refractivity contribution in [3.05, 3.63) is 23.8 Å². The SMILES string of the molecule is Cc1ccc2c(c1)N(C)C(=O)C(C)S2. The monoisotopic (exact) mass is 207 g/mol. The van der Waals surface area contributed by atoms with Gasteiger partial charge in [0.25, 0.3) is 0 Å². The minimum absolute atomic E-state index is 0.0372. The Hall–Kier alpha value is -0.960. The number of hydrogen-bond acceptors (Lipinski definition) is 2. The lowest BCUT2D eigenvalue weighted by molar-refractivity contribution is -0.117. The van der Waals surface area contributed by atoms with Crippen LogP contribution < -0.4 is 4.90 Å². The molecule has 0 spiro atoms. The zero-order valence-electron chi connectivity index (χ0n) is 8.57. The van der Waals surface area contributed by atoms with Gasteiger partial charge in [-0.25, -0.2) is 0 Å². The van der Waals surface area contributed by atoms with E-state index in [2.05, 4.69) is 18.2 Å². The zero-order valence-corrected chi connectivity index (χ0v) is 9.39. The number of benzene rings is 1. The maximum atomic E-state index is 11.7. The number of aryl methyl sites for hydroxylation is 1. The summed E-state index contributed by atoms with van der Waals surface area (Å²) >= 11 is 1.64. The van der Waals surface area contributed by atoms with Gasteiger partial charge in [0, 0.05) is 11.9 Å². The maximum absolute atomic E-state index is 11.7. The summed E-state index contributed by atoms with van der Waals surface area (Å²) in [7, 11) is 1.84. The van der Waals surface area contributed by atoms with Crippen LogP contribution in [0.4, 0.5) is 5.69 Å². The topological polar surface area (TPSA) is 20.3 Å². The second-order valence-corrected chi connectivity index (χ2v) is 5.01. The predicted molar refractivity (Wildman–Crippen MR) is 59.9 cm³/mol. The van der Waals surface area contributed by atoms with Crippen molar-refractivity contribution in [1.82, 2.24) is 0 Å². The van der Waals surface area contributed by atoms with Crippen LogP contribution in [0.2, 0.25) is 0 Å². The molecule has 1 aliphatic rings. The molecule has 2 nitrogen and oxygen atoms in total. The van der Waals surface area contributed by atoms with E-state index in [1.807, 2.05) is 20.9 Å². The summed E-state index contributed by atoms with van der Waals surface area (Å²) in [5.74, 6) is 0.188. The highest BCUT2D eigenvalue weighted by atomic mass is 32.2. The molecule has 74 valence electrons. The first kappa shape index (κ1) is 9.59. The van der Waals surface area contributed by atoms with Crippen LogP contribution in [-0.4, -0.2) is 18.2 Å². The largest absolute Gasteiger partial charge is 0.313 e. The van der Waals surface area contributed by atoms with Crippen LogP contribution in [0.3, 0.4) is 0 Å². The lowest BCUT2D eigenvalue weighted by Crippen LogP contribution is -2.36. The molecule has 0 bridgehead atoms. The highest BCUT2D eigenvalue weighted by Crippen LogP contribution is 2.38. The van der Waals surface area contributed by atoms with E-state index < -0.39 is 0 Å². The quantitative estimate of drug-likeness (QED) is 0.651. The number of rotatable bonds is 0. The Morgan fingerprint density at radius 1 is 1.43 bits per heavy atom. The van der Waals surface area contributed by atoms with Gasteiger partial charge in [0.05, 0.1) is 10.9 Å². The number of nitrogens with zero attached hydrogens (tertiary/aromatic N) is 1. The molecule has 1 aromatic carbocycles. The Kier molecular flexibility index (Phi) is 2.27. The summed E-state index contributed by atoms with van der Waals surface area (Å²) in [6.45, 7) is 3.99. The van der Waals surface area contributed by atoms with E-state index in [1.165, 1.54) is 10.5 Å². The number of anilines is 1. The minimum Gasteiger partial charge on any atom is -0.313 e. The molecule has 1 aromatic rings. The third-order valence-electron chi connectivity index (χ3n) is 2.46. The van der Waals surface area contributed by atoms with Crippen LogP contribution in [0.15, 0.2) is 23.1 Å². The average molecular weight is 207 g/mol. The lowest BCUT2D eigenvalue weighted by atomic mass is 10.2. The number of amides is 1. The third-order valence-corrected chi connectivity index (χ3v) is 3.61. The van der Waals surface area contributed by atoms with Gasteiger partial charge in [-0.15, -0.1) is 11.8 Å². The van der Waals surface area contributed by atoms with Gasteiger partial charge in [0.1, 0.15) is 0 Å². The number of carbonyl (C=O) groups is 1. The van der Waals surface area contributed by atoms with Crippen molar-refractivity contribution >= 4 is 23.4 Å². The fourth-order valence-corrected chi connectivity index (χ4v) is 2.72. The maximum Gasteiger partial charge on any atom is 0.239 e. The van der Waals surface area contributed by atoms with E-state index in [1.54, 1.807) is 16.7 Å². The molecule has 0 aliphatic carbocycles. The minimum atomic E-state index is 0.0372. The lowest BCUT2D eigenvalue weighted by Gasteiger charge is -2.29. The van der Waals surface area contributed by atoms with Gasteiger partial charge in [-0.1, -0.05) is 6.07 Å². The molecular weight excluding hydrogens is 194 g/mol. The molecule has 0 aromatic heterocycles. The van der Waals surface area contributed by atoms with Crippen molar-refractivity contribution < 1.29 is 4.79 Å². The van der Waals surface area contributed by atoms with E-state index in [0.717, 1.165) is 5.69 Å². The van der Waals surface area contributed by atoms with Crippen LogP contribution in [0.25, 0.3) is 0 Å². The molecule has 0 fully saturated rings. The molecule has 0 saturated heterocycles. The molecular formula is C11H13NOS. The molecule has 2 rings (SSSR count). The molecule has 1 heterocycles. The first-order valence-corrected chi connectivity index (χ1v) is 5.52. The number of fused-ring (bicyclic) bond motifs is 1. The van der Waals surface area contributed by atoms with Crippen LogP contribution in [0.1, 0.15) is 12.5 Å². The van der Waals surface area contributed by atoms with Crippen molar-refractivity contribution in [1.29, 1.82) is 0 Å². The summed E-state index contributed by atoms with van der Waals surface area (Å²) in [4.78, 5) is 14.7. The van der Waals surface area contributed by atoms with Crippen molar-refractivity contribution in [3.8, 4) is 0 Å². The Balaban J connectivity index is 2.51. The molecule has 14 heavy (non-hydrogen) atoms. The van der Waals surface area contributed by atoms with Gasteiger partial charge in [0.2, 0.25) is 5.91 Å². The van der Waals surface area contributed by atoms with Gasteiger partial charge in [-0.2, -0.15) is 0 Å². The Bertz CT molecular complexity index is 389. The van der Waals surface area contributed by atoms with Gasteiger partial charge in [-0.05, 0) is 31.5 Å². The Morgan fingerprint density at radius 3 is 2.86 bits per heavy atom. The molecule has 0 N–H and O–H groups in total. The van der Waals surface area contributed by atoms with Crippen molar-refractivity contribution in [3.63, 3.8) is 0 Å². The van der Waals surface area contributed by atoms with E-state index in [4.69, 9.17) is 0 Å². The summed E-state index contributed by atoms with van der Waals surface area (Å²) in [6.07, 6.45) is 0. The average Bonchev–Trinajstić information content (AvgIpc) is 2.16. The van der Waals surface area contributed by atoms with Crippen LogP contribution >= 0.6 is 11.8 Å². The van der Waals surface area contributed by atoms with Crippen molar-refractivity contribution in [2.45, 2.75) is 24.0 Å². The summed E-state index contributed by atoms with van der Waals surface area (Å²) in [5, 5.41) is 0.0372. The summed E-state index contributed by atoms with van der Waals surface area (Å²) in [5.41, 5.74) is 2.23. The van der Waals surface area contributed by atoms with Gasteiger partial charge in [-0.3, -0.25) is 4.79 Å². The Labute approximate surface area is 88.3 Å². The van der Waals surface area contributed by atoms with E-state index in [-0.39, 0.29) is 11.2 Å². The van der Waals surface area contributed by atoms with Crippen LogP contribution in [-0.2, 0) is 4.79 Å². The van der Waals surface area contributed by atoms with E-state index >= 15 is 0 Å². The number of hydrogen-bond donors (Lipinski definition) is 0. The highest BCUT2D eigenvalue weighted by Gasteiger charge is 2.27. The van der Waals surface area contributed by atoms with Crippen molar-refractivity contribution in [2.24, 2.45) is 0 Å². The molecule has 1 amide bonds. The molecule has 1 atom stereocenters. The van der Waals surface area contributed by atoms with E-state index in [0.29, 0.717) is 0 Å². The molecule has 0 radical (unpaired) electrons. The highest BCUT2D eigenvalue weighted by molar-refractivity contribution is 8.00. The second-order valence-electron chi connectivity index (χ2n) is 3.63. The third kappa shape index (κ3) is 1.42. The fourth-order valence-electron chi connectivity index (χ4n) is 1.62. The fraction of sp³-hybridized carbons (Fsp3) is 0.364. The smallest absolute Gasteiger partial charge is 0.239 e. The first-order chi connectivity index (χ1) is 6.59. The first-order valence-electron chi connectivity index (χ1n) is 4.64. The standard InChI is InChI=1S/C11H13NOS/c1-7-4-5-10-9(6-7)12(3)11(13)8(2)14-10/h4-6,8H,1-3H3. The number of carbonyl (C=O) groups excluding carboxylic acids is 1. The van der Waals surface area contributed by atoms with Gasteiger partial charge >= 0.3 is 0 Å². The van der Waals surface area contributed by atoms with Crippen molar-refractivity contribution in [2.75, 3.05) is 11.9 Å². The second kappa shape index (κ2) is 3.31. The predicted octanol–water partition coefficient (Wildman–Crippen LogP) is 2.45. The summed E-state index contributed by atoms with van der Waals surface area (Å²) < 4.78 is 0. The molecule has 1 unspecified atom stereocenters. The molecule has 1 aliphatic heterocycles. The summed E-state index contributed by atoms with van der Waals surface area (Å²) in [6, 6.07) is 6.24.